The Kier molecular flexibility index (Phi) is 2.66. The van der Waals surface area contributed by atoms with Gasteiger partial charge in [-0.15, -0.1) is 0 Å². The van der Waals surface area contributed by atoms with E-state index in [1.54, 1.807) is 5.06 Å². The van der Waals surface area contributed by atoms with E-state index < -0.39 is 11.2 Å². The predicted molar refractivity (Wildman–Crippen MR) is 60.7 cm³/mol. The van der Waals surface area contributed by atoms with E-state index in [0.29, 0.717) is 6.54 Å². The van der Waals surface area contributed by atoms with Gasteiger partial charge in [-0.3, -0.25) is 4.84 Å². The molecule has 2 rings (SSSR count). The lowest BCUT2D eigenvalue weighted by molar-refractivity contribution is 0.195. The van der Waals surface area contributed by atoms with Crippen molar-refractivity contribution in [2.24, 2.45) is 0 Å². The number of anilines is 1. The summed E-state index contributed by atoms with van der Waals surface area (Å²) in [5, 5.41) is 1.69. The molecule has 0 fully saturated rings. The molecule has 0 N–H and O–H groups in total. The van der Waals surface area contributed by atoms with E-state index in [1.165, 1.54) is 0 Å². The number of fused-ring (bicyclic) bond motifs is 1. The number of para-hydroxylation sites is 1. The van der Waals surface area contributed by atoms with Gasteiger partial charge in [-0.2, -0.15) is 0 Å². The molecule has 1 aromatic carbocycles. The Hall–Kier alpha value is -0.710. The van der Waals surface area contributed by atoms with Crippen molar-refractivity contribution in [3.05, 3.63) is 31.4 Å². The molecule has 0 aromatic heterocycles. The molecule has 81 valence electrons. The molecule has 1 atom stereocenters. The maximum atomic E-state index is 12.2. The fourth-order valence-electron chi connectivity index (χ4n) is 1.72. The summed E-state index contributed by atoms with van der Waals surface area (Å²) in [4.78, 5) is 5.87. The first-order valence-corrected chi connectivity index (χ1v) is 5.92. The van der Waals surface area contributed by atoms with Crippen LogP contribution in [0.15, 0.2) is 29.2 Å². The van der Waals surface area contributed by atoms with Crippen molar-refractivity contribution in [2.45, 2.75) is 23.5 Å². The van der Waals surface area contributed by atoms with Crippen molar-refractivity contribution in [1.82, 2.24) is 0 Å². The van der Waals surface area contributed by atoms with Gasteiger partial charge in [0.15, 0.2) is 4.90 Å². The van der Waals surface area contributed by atoms with Gasteiger partial charge in [0.1, 0.15) is 17.5 Å². The highest BCUT2D eigenvalue weighted by Gasteiger charge is 2.43. The first kappa shape index (κ1) is 10.8. The van der Waals surface area contributed by atoms with Gasteiger partial charge in [0, 0.05) is 0 Å². The van der Waals surface area contributed by atoms with Crippen LogP contribution in [0.5, 0.6) is 0 Å². The van der Waals surface area contributed by atoms with Crippen molar-refractivity contribution in [3.8, 4) is 0 Å². The largest absolute Gasteiger partial charge is 0.611 e. The Balaban J connectivity index is 2.50. The van der Waals surface area contributed by atoms with Crippen molar-refractivity contribution in [1.29, 1.82) is 0 Å². The minimum Gasteiger partial charge on any atom is -0.611 e. The number of hydrogen-bond acceptors (Lipinski definition) is 3. The normalized spacial score (nSPS) is 23.7. The fraction of sp³-hybridized carbons (Fsp3) is 0.364. The molecule has 0 saturated heterocycles. The Morgan fingerprint density at radius 2 is 2.13 bits per heavy atom. The first-order chi connectivity index (χ1) is 7.06. The third-order valence-electron chi connectivity index (χ3n) is 2.52. The van der Waals surface area contributed by atoms with Crippen molar-refractivity contribution in [2.75, 3.05) is 11.6 Å². The zero-order valence-corrected chi connectivity index (χ0v) is 9.71. The zero-order chi connectivity index (χ0) is 11.1. The van der Waals surface area contributed by atoms with Gasteiger partial charge >= 0.3 is 0 Å². The molecule has 0 aliphatic carbocycles. The van der Waals surface area contributed by atoms with Crippen molar-refractivity contribution in [3.63, 3.8) is 0 Å². The van der Waals surface area contributed by atoms with Crippen LogP contribution in [0.3, 0.4) is 0 Å². The minimum atomic E-state index is -0.997. The van der Waals surface area contributed by atoms with Crippen LogP contribution in [-0.2, 0) is 16.0 Å². The summed E-state index contributed by atoms with van der Waals surface area (Å²) in [6.45, 7) is 4.51. The lowest BCUT2D eigenvalue weighted by Crippen LogP contribution is -2.48. The monoisotopic (exact) mass is 224 g/mol. The van der Waals surface area contributed by atoms with Crippen LogP contribution in [0, 0.1) is 7.11 Å². The maximum Gasteiger partial charge on any atom is 0.178 e. The average Bonchev–Trinajstić information content (AvgIpc) is 2.24. The average molecular weight is 224 g/mol. The molecular weight excluding hydrogens is 210 g/mol. The van der Waals surface area contributed by atoms with E-state index in [4.69, 9.17) is 4.84 Å². The van der Waals surface area contributed by atoms with Gasteiger partial charge in [-0.25, -0.2) is 5.06 Å². The second-order valence-electron chi connectivity index (χ2n) is 4.16. The summed E-state index contributed by atoms with van der Waals surface area (Å²) >= 11 is -0.997. The zero-order valence-electron chi connectivity index (χ0n) is 8.90. The van der Waals surface area contributed by atoms with Crippen LogP contribution < -0.4 is 5.06 Å². The molecule has 1 unspecified atom stereocenters. The molecular formula is C11H14NO2S. The molecule has 4 heteroatoms. The first-order valence-electron chi connectivity index (χ1n) is 4.77. The lowest BCUT2D eigenvalue weighted by Gasteiger charge is -2.39. The van der Waals surface area contributed by atoms with E-state index in [9.17, 15) is 4.55 Å². The fourth-order valence-corrected chi connectivity index (χ4v) is 3.11. The number of nitrogens with zero attached hydrogens (tertiary/aromatic N) is 1. The van der Waals surface area contributed by atoms with E-state index in [2.05, 4.69) is 7.11 Å². The molecule has 3 nitrogen and oxygen atoms in total. The number of rotatable bonds is 1. The molecule has 1 aliphatic rings. The van der Waals surface area contributed by atoms with Crippen LogP contribution in [0.25, 0.3) is 0 Å². The Bertz CT molecular complexity index is 367. The standard InChI is InChI=1S/C11H14NO2S/c1-11(2)8-12(14-3)9-6-4-5-7-10(9)15(11)13/h4-7H,3,8H2,1-2H3. The molecule has 1 heterocycles. The van der Waals surface area contributed by atoms with E-state index in [1.807, 2.05) is 38.1 Å². The number of hydrogen-bond donors (Lipinski definition) is 0. The van der Waals surface area contributed by atoms with Gasteiger partial charge < -0.3 is 4.55 Å². The van der Waals surface area contributed by atoms with Crippen LogP contribution in [0.4, 0.5) is 5.69 Å². The third kappa shape index (κ3) is 1.73. The highest BCUT2D eigenvalue weighted by molar-refractivity contribution is 7.93. The van der Waals surface area contributed by atoms with Crippen molar-refractivity contribution < 1.29 is 9.39 Å². The Morgan fingerprint density at radius 3 is 2.80 bits per heavy atom. The quantitative estimate of drug-likeness (QED) is 0.685. The summed E-state index contributed by atoms with van der Waals surface area (Å²) in [5.41, 5.74) is 0.852. The van der Waals surface area contributed by atoms with E-state index in [0.717, 1.165) is 10.6 Å². The van der Waals surface area contributed by atoms with Crippen molar-refractivity contribution >= 4 is 16.9 Å². The smallest absolute Gasteiger partial charge is 0.178 e. The summed E-state index contributed by atoms with van der Waals surface area (Å²) in [5.74, 6) is 0. The summed E-state index contributed by atoms with van der Waals surface area (Å²) in [6.07, 6.45) is 0. The molecule has 15 heavy (non-hydrogen) atoms. The molecule has 1 aromatic rings. The molecule has 1 radical (unpaired) electrons. The Labute approximate surface area is 93.2 Å². The van der Waals surface area contributed by atoms with Gasteiger partial charge in [0.2, 0.25) is 0 Å². The summed E-state index contributed by atoms with van der Waals surface area (Å²) in [6, 6.07) is 7.56. The van der Waals surface area contributed by atoms with Gasteiger partial charge in [-0.1, -0.05) is 12.1 Å². The van der Waals surface area contributed by atoms with Gasteiger partial charge in [-0.05, 0) is 37.2 Å². The molecule has 0 amide bonds. The van der Waals surface area contributed by atoms with Crippen LogP contribution in [0.1, 0.15) is 13.8 Å². The molecule has 1 aliphatic heterocycles. The predicted octanol–water partition coefficient (Wildman–Crippen LogP) is 2.12. The number of hydroxylamine groups is 1. The molecule has 0 bridgehead atoms. The topological polar surface area (TPSA) is 35.5 Å². The van der Waals surface area contributed by atoms with Gasteiger partial charge in [0.25, 0.3) is 0 Å². The minimum absolute atomic E-state index is 0.313. The lowest BCUT2D eigenvalue weighted by atomic mass is 10.2. The van der Waals surface area contributed by atoms with Crippen LogP contribution >= 0.6 is 0 Å². The van der Waals surface area contributed by atoms with E-state index in [-0.39, 0.29) is 4.75 Å². The highest BCUT2D eigenvalue weighted by atomic mass is 32.2. The summed E-state index contributed by atoms with van der Waals surface area (Å²) in [7, 11) is 3.43. The van der Waals surface area contributed by atoms with Gasteiger partial charge in [0.05, 0.1) is 6.54 Å². The van der Waals surface area contributed by atoms with E-state index >= 15 is 0 Å². The molecule has 0 spiro atoms. The van der Waals surface area contributed by atoms with Crippen LogP contribution in [0.2, 0.25) is 0 Å². The SMILES string of the molecule is [CH2]ON1CC(C)(C)[S+]([O-])c2ccccc21. The second kappa shape index (κ2) is 3.70. The maximum absolute atomic E-state index is 12.2. The molecule has 0 saturated carbocycles. The summed E-state index contributed by atoms with van der Waals surface area (Å²) < 4.78 is 11.9. The van der Waals surface area contributed by atoms with Crippen LogP contribution in [-0.4, -0.2) is 15.8 Å². The highest BCUT2D eigenvalue weighted by Crippen LogP contribution is 2.38. The Morgan fingerprint density at radius 1 is 1.47 bits per heavy atom. The number of benzene rings is 1. The third-order valence-corrected chi connectivity index (χ3v) is 4.39. The second-order valence-corrected chi connectivity index (χ2v) is 6.24.